The second kappa shape index (κ2) is 23.3. The molecular weight excluding hydrogens is 710 g/mol. The number of halogens is 8. The monoisotopic (exact) mass is 767 g/mol. The molecule has 0 aliphatic carbocycles. The van der Waals surface area contributed by atoms with Crippen LogP contribution in [-0.2, 0) is 46.9 Å². The zero-order valence-corrected chi connectivity index (χ0v) is 33.0. The average Bonchev–Trinajstić information content (AvgIpc) is 2.93. The van der Waals surface area contributed by atoms with E-state index in [1.807, 2.05) is 0 Å². The van der Waals surface area contributed by atoms with E-state index < -0.39 is 14.5 Å². The normalized spacial score (nSPS) is 11.0. The molecule has 0 aromatic heterocycles. The van der Waals surface area contributed by atoms with Crippen molar-refractivity contribution >= 4 is 26.1 Å². The van der Waals surface area contributed by atoms with Crippen LogP contribution in [0.5, 0.6) is 0 Å². The number of benzene rings is 1. The molecule has 2 aromatic carbocycles. The van der Waals surface area contributed by atoms with E-state index in [1.165, 1.54) is 61.1 Å². The Bertz CT molecular complexity index is 1070. The van der Waals surface area contributed by atoms with Crippen molar-refractivity contribution < 1.29 is 65.2 Å². The Hall–Kier alpha value is -2.09. The summed E-state index contributed by atoms with van der Waals surface area (Å²) in [6, 6.07) is 15.9. The number of hydrogen-bond donors (Lipinski definition) is 0. The molecule has 0 spiro atoms. The van der Waals surface area contributed by atoms with E-state index >= 15 is 0 Å². The van der Waals surface area contributed by atoms with Gasteiger partial charge in [-0.2, -0.15) is 0 Å². The van der Waals surface area contributed by atoms with E-state index in [0.29, 0.717) is 0 Å². The van der Waals surface area contributed by atoms with E-state index in [4.69, 9.17) is 0 Å². The van der Waals surface area contributed by atoms with Crippen molar-refractivity contribution in [1.29, 1.82) is 0 Å². The van der Waals surface area contributed by atoms with Gasteiger partial charge in [0.25, 0.3) is 0 Å². The van der Waals surface area contributed by atoms with Crippen LogP contribution in [0.15, 0.2) is 42.5 Å². The summed E-state index contributed by atoms with van der Waals surface area (Å²) >= 11 is 0. The van der Waals surface area contributed by atoms with Crippen molar-refractivity contribution in [3.63, 3.8) is 0 Å². The molecule has 0 heterocycles. The van der Waals surface area contributed by atoms with Crippen LogP contribution in [0.25, 0.3) is 0 Å². The van der Waals surface area contributed by atoms with Gasteiger partial charge < -0.3 is 44.1 Å². The fourth-order valence-electron chi connectivity index (χ4n) is 3.22. The molecule has 2 nitrogen and oxygen atoms in total. The minimum Gasteiger partial charge on any atom is -0.418 e. The molecule has 0 atom stereocenters. The van der Waals surface area contributed by atoms with Crippen LogP contribution in [0.3, 0.4) is 0 Å². The molecule has 0 amide bonds. The summed E-state index contributed by atoms with van der Waals surface area (Å²) in [5.41, 5.74) is 8.86. The molecule has 0 saturated heterocycles. The van der Waals surface area contributed by atoms with Crippen LogP contribution in [0, 0.1) is 20.8 Å². The van der Waals surface area contributed by atoms with Gasteiger partial charge in [0, 0.05) is 60.6 Å². The summed E-state index contributed by atoms with van der Waals surface area (Å²) in [5, 5.41) is 0. The molecule has 0 saturated carbocycles. The van der Waals surface area contributed by atoms with Crippen LogP contribution in [0.2, 0.25) is 0 Å². The van der Waals surface area contributed by atoms with E-state index in [1.54, 1.807) is 0 Å². The quantitative estimate of drug-likeness (QED) is 0.152. The molecule has 272 valence electrons. The summed E-state index contributed by atoms with van der Waals surface area (Å²) in [5.74, 6) is 0.333. The number of carbonyl (C=O) groups is 2. The standard InChI is InChI=1S/C19H31.C9H12.2C3H6O.2BF4.Mo/c1-17(2,3)14-10-11-15(18(4,5)6)13-16(12-14)19(7,8)9;1-7-4-8(2)6-9(3)5-7;2*1-3(2)4;2*2-1(3,4)5;/h10-13H,1-9H3;4-6H,1-3H3;2*1-2H3;;;/q+1;;;;2*-1;. The van der Waals surface area contributed by atoms with E-state index in [2.05, 4.69) is 126 Å². The summed E-state index contributed by atoms with van der Waals surface area (Å²) < 4.78 is 78.0. The molecule has 0 N–H and O–H groups in total. The number of ketones is 2. The second-order valence-corrected chi connectivity index (χ2v) is 14.2. The Balaban J connectivity index is -0.000000174. The van der Waals surface area contributed by atoms with Crippen molar-refractivity contribution in [2.24, 2.45) is 0 Å². The van der Waals surface area contributed by atoms with Gasteiger partial charge in [0.05, 0.1) is 17.7 Å². The van der Waals surface area contributed by atoms with Gasteiger partial charge in [-0.1, -0.05) is 55.7 Å². The Kier molecular flexibility index (Phi) is 26.9. The Morgan fingerprint density at radius 2 is 0.787 bits per heavy atom. The predicted octanol–water partition coefficient (Wildman–Crippen LogP) is 12.3. The van der Waals surface area contributed by atoms with Gasteiger partial charge in [0.15, 0.2) is 0 Å². The van der Waals surface area contributed by atoms with Gasteiger partial charge in [-0.3, -0.25) is 0 Å². The van der Waals surface area contributed by atoms with E-state index in [9.17, 15) is 44.1 Å². The van der Waals surface area contributed by atoms with Gasteiger partial charge >= 0.3 is 14.5 Å². The number of hydrogen-bond acceptors (Lipinski definition) is 2. The molecule has 2 aromatic rings. The summed E-state index contributed by atoms with van der Waals surface area (Å²) in [6.07, 6.45) is 0. The Labute approximate surface area is 293 Å². The smallest absolute Gasteiger partial charge is 0.418 e. The van der Waals surface area contributed by atoms with Crippen LogP contribution in [0.4, 0.5) is 34.5 Å². The molecule has 0 unspecified atom stereocenters. The predicted molar refractivity (Wildman–Crippen MR) is 181 cm³/mol. The second-order valence-electron chi connectivity index (χ2n) is 14.2. The van der Waals surface area contributed by atoms with Crippen molar-refractivity contribution in [3.05, 3.63) is 75.8 Å². The maximum Gasteiger partial charge on any atom is 0.673 e. The third kappa shape index (κ3) is 46.1. The molecular formula is C34H55B2F8MoO2-. The number of rotatable bonds is 0. The minimum atomic E-state index is -6.00. The number of Topliss-reactive ketones (excluding diaryl/α,β-unsaturated/α-hetero) is 2. The van der Waals surface area contributed by atoms with Crippen molar-refractivity contribution in [3.8, 4) is 0 Å². The average molecular weight is 765 g/mol. The molecule has 0 aliphatic rings. The van der Waals surface area contributed by atoms with Crippen molar-refractivity contribution in [1.82, 2.24) is 0 Å². The first-order chi connectivity index (χ1) is 20.0. The first-order valence-corrected chi connectivity index (χ1v) is 14.7. The van der Waals surface area contributed by atoms with Crippen molar-refractivity contribution in [2.75, 3.05) is 0 Å². The van der Waals surface area contributed by atoms with Crippen LogP contribution >= 0.6 is 0 Å². The number of aryl methyl sites for hydroxylation is 3. The van der Waals surface area contributed by atoms with Gasteiger partial charge in [0.1, 0.15) is 11.6 Å². The first kappa shape index (κ1) is 54.4. The largest absolute Gasteiger partial charge is 0.673 e. The molecule has 13 heteroatoms. The third-order valence-electron chi connectivity index (χ3n) is 5.03. The van der Waals surface area contributed by atoms with Crippen LogP contribution in [0.1, 0.15) is 123 Å². The molecule has 47 heavy (non-hydrogen) atoms. The fourth-order valence-corrected chi connectivity index (χ4v) is 3.22. The van der Waals surface area contributed by atoms with E-state index in [0.717, 1.165) is 0 Å². The molecule has 0 aliphatic heterocycles. The molecule has 0 fully saturated rings. The fraction of sp³-hybridized carbons (Fsp3) is 0.559. The topological polar surface area (TPSA) is 34.1 Å². The van der Waals surface area contributed by atoms with Gasteiger partial charge in [-0.05, 0) is 90.0 Å². The van der Waals surface area contributed by atoms with Crippen LogP contribution in [-0.4, -0.2) is 26.1 Å². The zero-order chi connectivity index (χ0) is 38.1. The third-order valence-corrected chi connectivity index (χ3v) is 5.03. The zero-order valence-electron chi connectivity index (χ0n) is 30.9. The van der Waals surface area contributed by atoms with Gasteiger partial charge in [0.2, 0.25) is 0 Å². The van der Waals surface area contributed by atoms with Gasteiger partial charge in [-0.25, -0.2) is 0 Å². The Morgan fingerprint density at radius 3 is 0.979 bits per heavy atom. The van der Waals surface area contributed by atoms with Crippen LogP contribution < -0.4 is 0 Å². The van der Waals surface area contributed by atoms with Gasteiger partial charge in [-0.15, -0.1) is 0 Å². The first-order valence-electron chi connectivity index (χ1n) is 14.7. The maximum atomic E-state index is 9.75. The SMILES string of the molecule is CC(C)(C)c1cc[c+](C(C)(C)C)cc(C(C)(C)C)c1.CC(C)=O.CC(C)=O.Cc1cc(C)cc(C)c1.F[B-](F)(F)F.F[B-](F)(F)F.[Mo]. The summed E-state index contributed by atoms with van der Waals surface area (Å²) in [4.78, 5) is 18.9. The maximum absolute atomic E-state index is 9.75. The Morgan fingerprint density at radius 1 is 0.553 bits per heavy atom. The van der Waals surface area contributed by atoms with E-state index in [-0.39, 0.29) is 48.9 Å². The molecule has 2 rings (SSSR count). The molecule has 0 radical (unpaired) electrons. The summed E-state index contributed by atoms with van der Waals surface area (Å²) in [7, 11) is -12.0. The molecule has 0 bridgehead atoms. The van der Waals surface area contributed by atoms with Crippen molar-refractivity contribution in [2.45, 2.75) is 127 Å². The number of carbonyl (C=O) groups excluding carboxylic acids is 2. The summed E-state index contributed by atoms with van der Waals surface area (Å²) in [6.45, 7) is 33.1. The minimum absolute atomic E-state index is 0.